The minimum Gasteiger partial charge on any atom is -0.462 e. The molecule has 0 radical (unpaired) electrons. The van der Waals surface area contributed by atoms with Crippen LogP contribution in [0.2, 0.25) is 0 Å². The number of anilines is 2. The first kappa shape index (κ1) is 21.8. The second kappa shape index (κ2) is 9.28. The van der Waals surface area contributed by atoms with Crippen LogP contribution in [0.25, 0.3) is 0 Å². The Bertz CT molecular complexity index is 913. The van der Waals surface area contributed by atoms with Gasteiger partial charge in [0.1, 0.15) is 6.33 Å². The van der Waals surface area contributed by atoms with Crippen molar-refractivity contribution in [3.63, 3.8) is 0 Å². The summed E-state index contributed by atoms with van der Waals surface area (Å²) >= 11 is 0. The molecular formula is C24H32N4O2. The van der Waals surface area contributed by atoms with Crippen molar-refractivity contribution in [1.29, 1.82) is 0 Å². The number of hydrogen-bond donors (Lipinski definition) is 2. The van der Waals surface area contributed by atoms with Gasteiger partial charge in [0.05, 0.1) is 23.5 Å². The molecule has 160 valence electrons. The molecular weight excluding hydrogens is 376 g/mol. The number of rotatable bonds is 4. The van der Waals surface area contributed by atoms with Gasteiger partial charge >= 0.3 is 5.97 Å². The number of hydrogen-bond acceptors (Lipinski definition) is 6. The van der Waals surface area contributed by atoms with Gasteiger partial charge in [0, 0.05) is 17.4 Å². The maximum Gasteiger partial charge on any atom is 0.338 e. The number of carbonyl (C=O) groups is 1. The second-order valence-corrected chi connectivity index (χ2v) is 8.50. The van der Waals surface area contributed by atoms with Gasteiger partial charge in [0.2, 0.25) is 0 Å². The van der Waals surface area contributed by atoms with Crippen molar-refractivity contribution in [1.82, 2.24) is 9.97 Å². The molecule has 3 unspecified atom stereocenters. The second-order valence-electron chi connectivity index (χ2n) is 8.50. The van der Waals surface area contributed by atoms with E-state index < -0.39 is 0 Å². The molecule has 0 saturated heterocycles. The van der Waals surface area contributed by atoms with E-state index in [0.717, 1.165) is 36.1 Å². The Kier molecular flexibility index (Phi) is 6.75. The summed E-state index contributed by atoms with van der Waals surface area (Å²) in [6.07, 6.45) is 9.11. The van der Waals surface area contributed by atoms with Crippen LogP contribution in [0.5, 0.6) is 0 Å². The van der Waals surface area contributed by atoms with Crippen LogP contribution in [-0.2, 0) is 4.74 Å². The normalized spacial score (nSPS) is 24.3. The zero-order chi connectivity index (χ0) is 21.7. The summed E-state index contributed by atoms with van der Waals surface area (Å²) in [7, 11) is 0. The van der Waals surface area contributed by atoms with E-state index in [1.165, 1.54) is 12.7 Å². The smallest absolute Gasteiger partial charge is 0.338 e. The highest BCUT2D eigenvalue weighted by Gasteiger charge is 2.41. The maximum atomic E-state index is 11.8. The Morgan fingerprint density at radius 3 is 2.70 bits per heavy atom. The lowest BCUT2D eigenvalue weighted by atomic mass is 9.62. The van der Waals surface area contributed by atoms with Crippen LogP contribution in [0.3, 0.4) is 0 Å². The lowest BCUT2D eigenvalue weighted by molar-refractivity contribution is 0.0526. The van der Waals surface area contributed by atoms with Crippen molar-refractivity contribution < 1.29 is 9.53 Å². The van der Waals surface area contributed by atoms with Crippen LogP contribution in [0.15, 0.2) is 48.4 Å². The largest absolute Gasteiger partial charge is 0.462 e. The molecule has 0 spiro atoms. The standard InChI is InChI=1S/C19H26N2O2.C5H6N2/c1-4-23-18(22)13-5-6-17(16(20)10-13)21-19(3)8-7-15-12(2)9-14(15)11-19;1-5-2-3-6-4-7-5/h5-7,10,12,14,21H,4,8-9,11,20H2,1-3H3;2-4H,1H3. The molecule has 2 aromatic rings. The summed E-state index contributed by atoms with van der Waals surface area (Å²) in [6, 6.07) is 7.21. The predicted molar refractivity (Wildman–Crippen MR) is 120 cm³/mol. The molecule has 1 aromatic carbocycles. The van der Waals surface area contributed by atoms with E-state index in [2.05, 4.69) is 35.2 Å². The number of carbonyl (C=O) groups excluding carboxylic acids is 1. The molecule has 30 heavy (non-hydrogen) atoms. The molecule has 3 atom stereocenters. The third kappa shape index (κ3) is 5.17. The fourth-order valence-electron chi connectivity index (χ4n) is 4.28. The Morgan fingerprint density at radius 2 is 2.17 bits per heavy atom. The van der Waals surface area contributed by atoms with E-state index in [1.807, 2.05) is 19.1 Å². The third-order valence-corrected chi connectivity index (χ3v) is 5.89. The van der Waals surface area contributed by atoms with Crippen molar-refractivity contribution in [3.05, 3.63) is 59.7 Å². The van der Waals surface area contributed by atoms with Gasteiger partial charge in [-0.05, 0) is 76.1 Å². The van der Waals surface area contributed by atoms with Gasteiger partial charge in [0.25, 0.3) is 0 Å². The van der Waals surface area contributed by atoms with Crippen LogP contribution in [-0.4, -0.2) is 28.1 Å². The molecule has 2 aliphatic carbocycles. The van der Waals surface area contributed by atoms with Crippen molar-refractivity contribution >= 4 is 17.3 Å². The van der Waals surface area contributed by atoms with Crippen molar-refractivity contribution in [2.45, 2.75) is 52.5 Å². The van der Waals surface area contributed by atoms with E-state index >= 15 is 0 Å². The van der Waals surface area contributed by atoms with Gasteiger partial charge in [-0.2, -0.15) is 0 Å². The summed E-state index contributed by atoms with van der Waals surface area (Å²) < 4.78 is 5.01. The zero-order valence-electron chi connectivity index (χ0n) is 18.3. The summed E-state index contributed by atoms with van der Waals surface area (Å²) in [5, 5.41) is 3.60. The molecule has 1 saturated carbocycles. The number of nitrogens with zero attached hydrogens (tertiary/aromatic N) is 2. The van der Waals surface area contributed by atoms with Crippen molar-refractivity contribution in [2.24, 2.45) is 11.8 Å². The highest BCUT2D eigenvalue weighted by Crippen LogP contribution is 2.49. The number of ether oxygens (including phenoxy) is 1. The number of esters is 1. The molecule has 1 aromatic heterocycles. The lowest BCUT2D eigenvalue weighted by Gasteiger charge is -2.47. The molecule has 2 aliphatic rings. The molecule has 3 N–H and O–H groups in total. The highest BCUT2D eigenvalue weighted by atomic mass is 16.5. The first-order valence-corrected chi connectivity index (χ1v) is 10.6. The molecule has 0 amide bonds. The Morgan fingerprint density at radius 1 is 1.37 bits per heavy atom. The van der Waals surface area contributed by atoms with Gasteiger partial charge < -0.3 is 15.8 Å². The van der Waals surface area contributed by atoms with Crippen LogP contribution in [0.4, 0.5) is 11.4 Å². The van der Waals surface area contributed by atoms with Gasteiger partial charge in [-0.1, -0.05) is 18.6 Å². The monoisotopic (exact) mass is 408 g/mol. The van der Waals surface area contributed by atoms with Crippen molar-refractivity contribution in [2.75, 3.05) is 17.7 Å². The fourth-order valence-corrected chi connectivity index (χ4v) is 4.28. The summed E-state index contributed by atoms with van der Waals surface area (Å²) in [5.41, 5.74) is 10.8. The van der Waals surface area contributed by atoms with Gasteiger partial charge in [0.15, 0.2) is 0 Å². The van der Waals surface area contributed by atoms with Gasteiger partial charge in [-0.25, -0.2) is 14.8 Å². The molecule has 1 fully saturated rings. The number of benzene rings is 1. The maximum absolute atomic E-state index is 11.8. The van der Waals surface area contributed by atoms with Crippen molar-refractivity contribution in [3.8, 4) is 0 Å². The minimum absolute atomic E-state index is 0.0217. The number of fused-ring (bicyclic) bond motifs is 1. The number of allylic oxidation sites excluding steroid dienone is 1. The molecule has 4 rings (SSSR count). The average molecular weight is 409 g/mol. The van der Waals surface area contributed by atoms with Crippen LogP contribution in [0.1, 0.15) is 56.1 Å². The Hall–Kier alpha value is -2.89. The Labute approximate surface area is 179 Å². The molecule has 6 heteroatoms. The molecule has 0 bridgehead atoms. The SMILES string of the molecule is CCOC(=O)c1ccc(NC2(C)CC=C3C(C)CC3C2)c(N)c1.Cc1ccncn1. The average Bonchev–Trinajstić information content (AvgIpc) is 2.70. The van der Waals surface area contributed by atoms with E-state index in [0.29, 0.717) is 17.9 Å². The lowest BCUT2D eigenvalue weighted by Crippen LogP contribution is -2.44. The van der Waals surface area contributed by atoms with Gasteiger partial charge in [-0.3, -0.25) is 0 Å². The fraction of sp³-hybridized carbons (Fsp3) is 0.458. The first-order chi connectivity index (χ1) is 14.3. The number of nitrogen functional groups attached to an aromatic ring is 1. The number of nitrogens with one attached hydrogen (secondary N) is 1. The summed E-state index contributed by atoms with van der Waals surface area (Å²) in [5.74, 6) is 1.15. The highest BCUT2D eigenvalue weighted by molar-refractivity contribution is 5.92. The minimum atomic E-state index is -0.328. The van der Waals surface area contributed by atoms with E-state index in [4.69, 9.17) is 10.5 Å². The van der Waals surface area contributed by atoms with Crippen LogP contribution >= 0.6 is 0 Å². The zero-order valence-corrected chi connectivity index (χ0v) is 18.3. The van der Waals surface area contributed by atoms with Gasteiger partial charge in [-0.15, -0.1) is 0 Å². The number of aromatic nitrogens is 2. The first-order valence-electron chi connectivity index (χ1n) is 10.6. The Balaban J connectivity index is 0.000000310. The third-order valence-electron chi connectivity index (χ3n) is 5.89. The topological polar surface area (TPSA) is 90.1 Å². The van der Waals surface area contributed by atoms with Crippen LogP contribution < -0.4 is 11.1 Å². The molecule has 6 nitrogen and oxygen atoms in total. The molecule has 1 heterocycles. The molecule has 0 aliphatic heterocycles. The van der Waals surface area contributed by atoms with E-state index in [9.17, 15) is 4.79 Å². The predicted octanol–water partition coefficient (Wildman–Crippen LogP) is 4.78. The summed E-state index contributed by atoms with van der Waals surface area (Å²) in [4.78, 5) is 19.4. The summed E-state index contributed by atoms with van der Waals surface area (Å²) in [6.45, 7) is 8.66. The number of aryl methyl sites for hydroxylation is 1. The van der Waals surface area contributed by atoms with E-state index in [-0.39, 0.29) is 11.5 Å². The number of nitrogens with two attached hydrogens (primary N) is 1. The van der Waals surface area contributed by atoms with E-state index in [1.54, 1.807) is 30.8 Å². The van der Waals surface area contributed by atoms with Crippen LogP contribution in [0, 0.1) is 18.8 Å². The quantitative estimate of drug-likeness (QED) is 0.430.